The molecule has 2 rings (SSSR count). The highest BCUT2D eigenvalue weighted by Crippen LogP contribution is 2.41. The van der Waals surface area contributed by atoms with Crippen molar-refractivity contribution in [3.8, 4) is 0 Å². The zero-order valence-electron chi connectivity index (χ0n) is 8.11. The van der Waals surface area contributed by atoms with E-state index in [1.165, 1.54) is 18.4 Å². The molecule has 1 fully saturated rings. The lowest BCUT2D eigenvalue weighted by Gasteiger charge is -2.19. The summed E-state index contributed by atoms with van der Waals surface area (Å²) in [5.74, 6) is 1.53. The fourth-order valence-electron chi connectivity index (χ4n) is 1.89. The van der Waals surface area contributed by atoms with Gasteiger partial charge in [-0.2, -0.15) is 0 Å². The Morgan fingerprint density at radius 1 is 1.23 bits per heavy atom. The van der Waals surface area contributed by atoms with E-state index in [1.54, 1.807) is 0 Å². The molecule has 0 aromatic heterocycles. The van der Waals surface area contributed by atoms with Crippen LogP contribution in [0.5, 0.6) is 0 Å². The van der Waals surface area contributed by atoms with Gasteiger partial charge in [-0.25, -0.2) is 0 Å². The van der Waals surface area contributed by atoms with Gasteiger partial charge < -0.3 is 5.73 Å². The molecule has 1 saturated carbocycles. The van der Waals surface area contributed by atoms with Crippen molar-refractivity contribution in [2.45, 2.75) is 25.8 Å². The van der Waals surface area contributed by atoms with Gasteiger partial charge in [0.25, 0.3) is 0 Å². The molecule has 0 saturated heterocycles. The Kier molecular flexibility index (Phi) is 2.36. The Balaban J connectivity index is 2.07. The van der Waals surface area contributed by atoms with Crippen molar-refractivity contribution < 1.29 is 0 Å². The number of nitrogens with two attached hydrogens (primary N) is 1. The summed E-state index contributed by atoms with van der Waals surface area (Å²) < 4.78 is 0. The van der Waals surface area contributed by atoms with E-state index < -0.39 is 0 Å². The van der Waals surface area contributed by atoms with E-state index in [9.17, 15) is 0 Å². The molecule has 1 aliphatic carbocycles. The molecule has 1 heteroatoms. The average Bonchev–Trinajstić information content (AvgIpc) is 3.00. The van der Waals surface area contributed by atoms with E-state index >= 15 is 0 Å². The molecule has 1 aromatic rings. The highest BCUT2D eigenvalue weighted by Gasteiger charge is 2.32. The molecule has 1 aliphatic rings. The number of hydrogen-bond donors (Lipinski definition) is 1. The zero-order chi connectivity index (χ0) is 9.26. The number of hydrogen-bond acceptors (Lipinski definition) is 1. The van der Waals surface area contributed by atoms with Crippen LogP contribution in [0.2, 0.25) is 0 Å². The maximum absolute atomic E-state index is 6.18. The average molecular weight is 175 g/mol. The second-order valence-electron chi connectivity index (χ2n) is 4.13. The number of rotatable bonds is 3. The van der Waals surface area contributed by atoms with Crippen LogP contribution in [-0.2, 0) is 0 Å². The lowest BCUT2D eigenvalue weighted by Crippen LogP contribution is -2.20. The van der Waals surface area contributed by atoms with E-state index in [4.69, 9.17) is 5.73 Å². The molecule has 2 unspecified atom stereocenters. The summed E-state index contributed by atoms with van der Waals surface area (Å²) in [6.07, 6.45) is 2.75. The zero-order valence-corrected chi connectivity index (χ0v) is 8.11. The van der Waals surface area contributed by atoms with Gasteiger partial charge in [-0.3, -0.25) is 0 Å². The largest absolute Gasteiger partial charge is 0.324 e. The summed E-state index contributed by atoms with van der Waals surface area (Å²) in [5.41, 5.74) is 7.46. The van der Waals surface area contributed by atoms with Crippen molar-refractivity contribution in [1.82, 2.24) is 0 Å². The van der Waals surface area contributed by atoms with E-state index in [-0.39, 0.29) is 6.04 Å². The first kappa shape index (κ1) is 8.76. The monoisotopic (exact) mass is 175 g/mol. The van der Waals surface area contributed by atoms with Gasteiger partial charge in [0.05, 0.1) is 0 Å². The quantitative estimate of drug-likeness (QED) is 0.751. The van der Waals surface area contributed by atoms with Crippen molar-refractivity contribution in [2.24, 2.45) is 17.6 Å². The third-order valence-electron chi connectivity index (χ3n) is 3.12. The Hall–Kier alpha value is -0.820. The van der Waals surface area contributed by atoms with Crippen molar-refractivity contribution in [3.63, 3.8) is 0 Å². The maximum Gasteiger partial charge on any atom is 0.0323 e. The van der Waals surface area contributed by atoms with E-state index in [0.29, 0.717) is 5.92 Å². The van der Waals surface area contributed by atoms with Crippen molar-refractivity contribution in [3.05, 3.63) is 35.9 Å². The van der Waals surface area contributed by atoms with E-state index in [0.717, 1.165) is 5.92 Å². The normalized spacial score (nSPS) is 21.1. The maximum atomic E-state index is 6.18. The first-order valence-corrected chi connectivity index (χ1v) is 5.09. The van der Waals surface area contributed by atoms with Crippen LogP contribution in [0.3, 0.4) is 0 Å². The molecular weight excluding hydrogens is 158 g/mol. The molecule has 0 heterocycles. The molecule has 0 aliphatic heterocycles. The molecule has 70 valence electrons. The molecule has 0 spiro atoms. The standard InChI is InChI=1S/C12H17N/c1-9(10-7-8-10)12(13)11-5-3-2-4-6-11/h2-6,9-10,12H,7-8,13H2,1H3. The van der Waals surface area contributed by atoms with Gasteiger partial charge in [0.1, 0.15) is 0 Å². The molecule has 13 heavy (non-hydrogen) atoms. The fourth-order valence-corrected chi connectivity index (χ4v) is 1.89. The van der Waals surface area contributed by atoms with Crippen molar-refractivity contribution >= 4 is 0 Å². The van der Waals surface area contributed by atoms with Gasteiger partial charge >= 0.3 is 0 Å². The molecule has 0 radical (unpaired) electrons. The minimum absolute atomic E-state index is 0.230. The first-order chi connectivity index (χ1) is 6.29. The summed E-state index contributed by atoms with van der Waals surface area (Å²) in [6.45, 7) is 2.27. The van der Waals surface area contributed by atoms with Crippen LogP contribution in [0.1, 0.15) is 31.4 Å². The van der Waals surface area contributed by atoms with Crippen LogP contribution >= 0.6 is 0 Å². The van der Waals surface area contributed by atoms with Crippen LogP contribution in [0, 0.1) is 11.8 Å². The molecule has 1 nitrogen and oxygen atoms in total. The predicted octanol–water partition coefficient (Wildman–Crippen LogP) is 2.73. The fraction of sp³-hybridized carbons (Fsp3) is 0.500. The van der Waals surface area contributed by atoms with Crippen LogP contribution in [0.4, 0.5) is 0 Å². The van der Waals surface area contributed by atoms with E-state index in [1.807, 2.05) is 6.07 Å². The smallest absolute Gasteiger partial charge is 0.0323 e. The lowest BCUT2D eigenvalue weighted by molar-refractivity contribution is 0.417. The minimum atomic E-state index is 0.230. The molecule has 1 aromatic carbocycles. The van der Waals surface area contributed by atoms with Gasteiger partial charge in [-0.1, -0.05) is 37.3 Å². The third kappa shape index (κ3) is 1.92. The molecule has 2 atom stereocenters. The predicted molar refractivity (Wildman–Crippen MR) is 55.3 cm³/mol. The Morgan fingerprint density at radius 2 is 1.85 bits per heavy atom. The third-order valence-corrected chi connectivity index (χ3v) is 3.12. The minimum Gasteiger partial charge on any atom is -0.324 e. The second-order valence-corrected chi connectivity index (χ2v) is 4.13. The van der Waals surface area contributed by atoms with Gasteiger partial charge in [0, 0.05) is 6.04 Å². The molecule has 0 amide bonds. The van der Waals surface area contributed by atoms with E-state index in [2.05, 4.69) is 31.2 Å². The molecule has 0 bridgehead atoms. The van der Waals surface area contributed by atoms with Crippen molar-refractivity contribution in [2.75, 3.05) is 0 Å². The summed E-state index contributed by atoms with van der Waals surface area (Å²) >= 11 is 0. The Morgan fingerprint density at radius 3 is 2.38 bits per heavy atom. The second kappa shape index (κ2) is 3.51. The molecular formula is C12H17N. The topological polar surface area (TPSA) is 26.0 Å². The van der Waals surface area contributed by atoms with Crippen LogP contribution in [0.15, 0.2) is 30.3 Å². The van der Waals surface area contributed by atoms with Gasteiger partial charge in [0.15, 0.2) is 0 Å². The highest BCUT2D eigenvalue weighted by molar-refractivity contribution is 5.19. The summed E-state index contributed by atoms with van der Waals surface area (Å²) in [5, 5.41) is 0. The SMILES string of the molecule is CC(C1CC1)C(N)c1ccccc1. The first-order valence-electron chi connectivity index (χ1n) is 5.09. The van der Waals surface area contributed by atoms with Crippen LogP contribution in [0.25, 0.3) is 0 Å². The lowest BCUT2D eigenvalue weighted by atomic mass is 9.92. The Labute approximate surface area is 80.0 Å². The van der Waals surface area contributed by atoms with Crippen LogP contribution in [-0.4, -0.2) is 0 Å². The van der Waals surface area contributed by atoms with Gasteiger partial charge in [-0.05, 0) is 30.2 Å². The Bertz CT molecular complexity index is 264. The van der Waals surface area contributed by atoms with Gasteiger partial charge in [-0.15, -0.1) is 0 Å². The summed E-state index contributed by atoms with van der Waals surface area (Å²) in [6, 6.07) is 10.7. The summed E-state index contributed by atoms with van der Waals surface area (Å²) in [7, 11) is 0. The van der Waals surface area contributed by atoms with Gasteiger partial charge in [0.2, 0.25) is 0 Å². The molecule has 2 N–H and O–H groups in total. The van der Waals surface area contributed by atoms with Crippen molar-refractivity contribution in [1.29, 1.82) is 0 Å². The number of benzene rings is 1. The van der Waals surface area contributed by atoms with Crippen LogP contribution < -0.4 is 5.73 Å². The summed E-state index contributed by atoms with van der Waals surface area (Å²) in [4.78, 5) is 0. The highest BCUT2D eigenvalue weighted by atomic mass is 14.7.